The van der Waals surface area contributed by atoms with Gasteiger partial charge in [-0.15, -0.1) is 0 Å². The van der Waals surface area contributed by atoms with Crippen LogP contribution in [0.2, 0.25) is 0 Å². The van der Waals surface area contributed by atoms with Crippen molar-refractivity contribution in [2.24, 2.45) is 0 Å². The van der Waals surface area contributed by atoms with Gasteiger partial charge in [-0.1, -0.05) is 182 Å². The summed E-state index contributed by atoms with van der Waals surface area (Å²) in [5, 5.41) is 12.3. The molecule has 12 rings (SSSR count). The van der Waals surface area contributed by atoms with Crippen molar-refractivity contribution in [1.29, 1.82) is 5.26 Å². The van der Waals surface area contributed by atoms with E-state index in [0.717, 1.165) is 49.7 Å². The highest BCUT2D eigenvalue weighted by atomic mass is 15.0. The Bertz CT molecular complexity index is 3380. The molecule has 0 atom stereocenters. The van der Waals surface area contributed by atoms with Gasteiger partial charge in [0.25, 0.3) is 0 Å². The van der Waals surface area contributed by atoms with Crippen LogP contribution in [0.15, 0.2) is 206 Å². The van der Waals surface area contributed by atoms with Crippen molar-refractivity contribution in [3.8, 4) is 84.7 Å². The second-order valence-electron chi connectivity index (χ2n) is 15.8. The van der Waals surface area contributed by atoms with E-state index in [1.54, 1.807) is 0 Å². The summed E-state index contributed by atoms with van der Waals surface area (Å²) in [5.41, 5.74) is 17.3. The number of nitrogens with zero attached hydrogens (tertiary/aromatic N) is 4. The van der Waals surface area contributed by atoms with Crippen molar-refractivity contribution >= 4 is 10.8 Å². The zero-order valence-electron chi connectivity index (χ0n) is 32.9. The second kappa shape index (κ2) is 13.7. The van der Waals surface area contributed by atoms with Crippen molar-refractivity contribution in [3.63, 3.8) is 0 Å². The van der Waals surface area contributed by atoms with Crippen LogP contribution in [0.5, 0.6) is 0 Å². The third-order valence-corrected chi connectivity index (χ3v) is 12.6. The molecular weight excluding hydrogens is 741 g/mol. The van der Waals surface area contributed by atoms with Gasteiger partial charge in [0, 0.05) is 16.7 Å². The normalized spacial score (nSPS) is 12.7. The van der Waals surface area contributed by atoms with E-state index in [-0.39, 0.29) is 0 Å². The average molecular weight is 775 g/mol. The lowest BCUT2D eigenvalue weighted by atomic mass is 9.70. The van der Waals surface area contributed by atoms with Crippen LogP contribution in [0.3, 0.4) is 0 Å². The van der Waals surface area contributed by atoms with Gasteiger partial charge in [-0.2, -0.15) is 5.26 Å². The number of rotatable bonds is 5. The molecule has 1 spiro atoms. The molecule has 1 heterocycles. The summed E-state index contributed by atoms with van der Waals surface area (Å²) in [5.74, 6) is 1.91. The van der Waals surface area contributed by atoms with Crippen LogP contribution < -0.4 is 0 Å². The van der Waals surface area contributed by atoms with Crippen LogP contribution in [0.1, 0.15) is 27.8 Å². The molecule has 0 saturated heterocycles. The molecule has 0 amide bonds. The van der Waals surface area contributed by atoms with E-state index in [1.165, 1.54) is 44.5 Å². The quantitative estimate of drug-likeness (QED) is 0.175. The molecule has 282 valence electrons. The number of fused-ring (bicyclic) bond motifs is 11. The summed E-state index contributed by atoms with van der Waals surface area (Å²) in [6.45, 7) is 0. The maximum Gasteiger partial charge on any atom is 0.164 e. The molecule has 0 fully saturated rings. The smallest absolute Gasteiger partial charge is 0.164 e. The van der Waals surface area contributed by atoms with Gasteiger partial charge in [0.2, 0.25) is 0 Å². The van der Waals surface area contributed by atoms with Crippen LogP contribution >= 0.6 is 0 Å². The summed E-state index contributed by atoms with van der Waals surface area (Å²) < 4.78 is 0. The fourth-order valence-corrected chi connectivity index (χ4v) is 9.84. The van der Waals surface area contributed by atoms with E-state index >= 15 is 0 Å². The Morgan fingerprint density at radius 1 is 0.328 bits per heavy atom. The van der Waals surface area contributed by atoms with Crippen molar-refractivity contribution in [1.82, 2.24) is 15.0 Å². The molecule has 61 heavy (non-hydrogen) atoms. The molecule has 0 unspecified atom stereocenters. The summed E-state index contributed by atoms with van der Waals surface area (Å²) in [7, 11) is 0. The fraction of sp³-hybridized carbons (Fsp3) is 0.0175. The first-order valence-corrected chi connectivity index (χ1v) is 20.6. The highest BCUT2D eigenvalue weighted by Gasteiger charge is 2.51. The van der Waals surface area contributed by atoms with Gasteiger partial charge in [0.1, 0.15) is 0 Å². The Morgan fingerprint density at radius 3 is 1.54 bits per heavy atom. The zero-order valence-corrected chi connectivity index (χ0v) is 32.9. The highest BCUT2D eigenvalue weighted by molar-refractivity contribution is 5.97. The summed E-state index contributed by atoms with van der Waals surface area (Å²) >= 11 is 0. The lowest BCUT2D eigenvalue weighted by Gasteiger charge is -2.30. The van der Waals surface area contributed by atoms with Gasteiger partial charge in [0.15, 0.2) is 17.5 Å². The molecule has 9 aromatic carbocycles. The average Bonchev–Trinajstić information content (AvgIpc) is 3.80. The van der Waals surface area contributed by atoms with Gasteiger partial charge < -0.3 is 0 Å². The first-order chi connectivity index (χ1) is 30.2. The third-order valence-electron chi connectivity index (χ3n) is 12.6. The highest BCUT2D eigenvalue weighted by Crippen LogP contribution is 2.63. The Labute approximate surface area is 353 Å². The van der Waals surface area contributed by atoms with Crippen molar-refractivity contribution in [2.75, 3.05) is 0 Å². The molecule has 10 aromatic rings. The minimum Gasteiger partial charge on any atom is -0.208 e. The van der Waals surface area contributed by atoms with E-state index in [4.69, 9.17) is 15.0 Å². The van der Waals surface area contributed by atoms with Crippen LogP contribution in [0.25, 0.3) is 89.4 Å². The van der Waals surface area contributed by atoms with Crippen molar-refractivity contribution < 1.29 is 0 Å². The molecule has 2 aliphatic rings. The summed E-state index contributed by atoms with van der Waals surface area (Å²) in [4.78, 5) is 15.1. The van der Waals surface area contributed by atoms with Gasteiger partial charge in [-0.05, 0) is 102 Å². The lowest BCUT2D eigenvalue weighted by molar-refractivity contribution is 0.793. The molecule has 0 radical (unpaired) electrons. The predicted molar refractivity (Wildman–Crippen MR) is 246 cm³/mol. The van der Waals surface area contributed by atoms with Gasteiger partial charge in [-0.3, -0.25) is 0 Å². The van der Waals surface area contributed by atoms with E-state index in [1.807, 2.05) is 36.4 Å². The van der Waals surface area contributed by atoms with Crippen molar-refractivity contribution in [2.45, 2.75) is 5.41 Å². The van der Waals surface area contributed by atoms with E-state index < -0.39 is 5.41 Å². The van der Waals surface area contributed by atoms with Gasteiger partial charge in [0.05, 0.1) is 17.0 Å². The first-order valence-electron chi connectivity index (χ1n) is 20.6. The standard InChI is InChI=1S/C57H34N4/c58-35-36-24-30-47-48-31-29-43(34-53(48)57(52(47)32-36)50-22-8-6-19-45(50)46-20-7-9-23-51(46)57)42-17-10-16-41(33-42)37-25-27-40(28-26-37)55-59-54(39-13-2-1-3-14-39)60-56(61-55)49-21-11-15-38-12-4-5-18-44(38)49/h1-34H. The molecule has 0 saturated carbocycles. The van der Waals surface area contributed by atoms with Gasteiger partial charge in [-0.25, -0.2) is 15.0 Å². The van der Waals surface area contributed by atoms with E-state index in [9.17, 15) is 5.26 Å². The van der Waals surface area contributed by atoms with Crippen molar-refractivity contribution in [3.05, 3.63) is 234 Å². The number of hydrogen-bond acceptors (Lipinski definition) is 4. The number of hydrogen-bond donors (Lipinski definition) is 0. The Hall–Kier alpha value is -8.26. The molecule has 4 heteroatoms. The molecule has 0 N–H and O–H groups in total. The zero-order chi connectivity index (χ0) is 40.5. The Morgan fingerprint density at radius 2 is 0.803 bits per heavy atom. The second-order valence-corrected chi connectivity index (χ2v) is 15.8. The van der Waals surface area contributed by atoms with Gasteiger partial charge >= 0.3 is 0 Å². The molecule has 4 nitrogen and oxygen atoms in total. The predicted octanol–water partition coefficient (Wildman–Crippen LogP) is 13.6. The number of benzene rings is 9. The molecular formula is C57H34N4. The monoisotopic (exact) mass is 774 g/mol. The molecule has 2 aliphatic carbocycles. The number of aromatic nitrogens is 3. The van der Waals surface area contributed by atoms with Crippen LogP contribution in [-0.4, -0.2) is 15.0 Å². The third kappa shape index (κ3) is 5.35. The Balaban J connectivity index is 0.944. The summed E-state index contributed by atoms with van der Waals surface area (Å²) in [6.07, 6.45) is 0. The van der Waals surface area contributed by atoms with Crippen LogP contribution in [-0.2, 0) is 5.41 Å². The van der Waals surface area contributed by atoms with Crippen LogP contribution in [0.4, 0.5) is 0 Å². The maximum atomic E-state index is 10.1. The first kappa shape index (κ1) is 34.8. The number of nitriles is 1. The van der Waals surface area contributed by atoms with E-state index in [2.05, 4.69) is 176 Å². The minimum absolute atomic E-state index is 0.531. The lowest BCUT2D eigenvalue weighted by Crippen LogP contribution is -2.26. The van der Waals surface area contributed by atoms with Crippen LogP contribution in [0, 0.1) is 11.3 Å². The molecule has 0 bridgehead atoms. The SMILES string of the molecule is N#Cc1ccc2c(c1)C1(c3ccccc3-c3ccccc31)c1cc(-c3cccc(-c4ccc(-c5nc(-c6ccccc6)nc(-c6cccc7ccccc67)n5)cc4)c3)ccc1-2. The molecule has 0 aliphatic heterocycles. The fourth-order valence-electron chi connectivity index (χ4n) is 9.84. The molecule has 1 aromatic heterocycles. The topological polar surface area (TPSA) is 62.5 Å². The largest absolute Gasteiger partial charge is 0.208 e. The summed E-state index contributed by atoms with van der Waals surface area (Å²) in [6, 6.07) is 75.1. The maximum absolute atomic E-state index is 10.1. The Kier molecular flexibility index (Phi) is 7.78. The van der Waals surface area contributed by atoms with E-state index in [0.29, 0.717) is 23.0 Å². The minimum atomic E-state index is -0.531.